The maximum Gasteiger partial charge on any atom is 0.230 e. The van der Waals surface area contributed by atoms with Gasteiger partial charge in [0.2, 0.25) is 11.8 Å². The first-order valence-corrected chi connectivity index (χ1v) is 10.8. The molecule has 7 nitrogen and oxygen atoms in total. The van der Waals surface area contributed by atoms with Gasteiger partial charge in [-0.25, -0.2) is 0 Å². The molecule has 8 heteroatoms. The van der Waals surface area contributed by atoms with Crippen molar-refractivity contribution in [2.75, 3.05) is 5.75 Å². The number of hydrogen-bond acceptors (Lipinski definition) is 5. The average Bonchev–Trinajstić information content (AvgIpc) is 2.91. The highest BCUT2D eigenvalue weighted by atomic mass is 32.2. The number of hydrogen-bond donors (Lipinski definition) is 2. The van der Waals surface area contributed by atoms with Crippen LogP contribution >= 0.6 is 11.8 Å². The molecule has 0 aliphatic rings. The molecule has 0 saturated heterocycles. The van der Waals surface area contributed by atoms with Gasteiger partial charge in [-0.05, 0) is 25.2 Å². The van der Waals surface area contributed by atoms with Crippen LogP contribution in [0, 0.1) is 11.8 Å². The number of nitrogens with one attached hydrogen (secondary N) is 1. The first-order chi connectivity index (χ1) is 12.7. The van der Waals surface area contributed by atoms with Gasteiger partial charge >= 0.3 is 0 Å². The topological polar surface area (TPSA) is 103 Å². The molecular weight excluding hydrogens is 362 g/mol. The fraction of sp³-hybridized carbons (Fsp3) is 0.789. The van der Waals surface area contributed by atoms with Gasteiger partial charge in [-0.1, -0.05) is 52.3 Å². The molecule has 1 aromatic rings. The van der Waals surface area contributed by atoms with Crippen LogP contribution in [0.4, 0.5) is 0 Å². The number of carbonyl (C=O) groups excluding carboxylic acids is 2. The van der Waals surface area contributed by atoms with Crippen LogP contribution in [0.25, 0.3) is 0 Å². The van der Waals surface area contributed by atoms with E-state index >= 15 is 0 Å². The summed E-state index contributed by atoms with van der Waals surface area (Å²) in [5.41, 5.74) is 5.24. The average molecular weight is 398 g/mol. The number of aromatic nitrogens is 3. The van der Waals surface area contributed by atoms with Crippen molar-refractivity contribution >= 4 is 23.6 Å². The number of amides is 2. The Morgan fingerprint density at radius 3 is 2.41 bits per heavy atom. The molecule has 0 aromatic carbocycles. The highest BCUT2D eigenvalue weighted by Gasteiger charge is 2.16. The molecule has 0 radical (unpaired) electrons. The molecule has 1 aromatic heterocycles. The first kappa shape index (κ1) is 23.5. The monoisotopic (exact) mass is 397 g/mol. The molecule has 2 amide bonds. The van der Waals surface area contributed by atoms with Crippen molar-refractivity contribution in [3.63, 3.8) is 0 Å². The first-order valence-electron chi connectivity index (χ1n) is 9.81. The zero-order chi connectivity index (χ0) is 20.4. The summed E-state index contributed by atoms with van der Waals surface area (Å²) in [5, 5.41) is 12.2. The second-order valence-corrected chi connectivity index (χ2v) is 8.89. The molecule has 1 atom stereocenters. The van der Waals surface area contributed by atoms with E-state index in [9.17, 15) is 9.59 Å². The van der Waals surface area contributed by atoms with Gasteiger partial charge in [0.15, 0.2) is 5.16 Å². The van der Waals surface area contributed by atoms with Crippen molar-refractivity contribution in [1.29, 1.82) is 0 Å². The molecule has 0 aliphatic heterocycles. The van der Waals surface area contributed by atoms with E-state index in [-0.39, 0.29) is 24.3 Å². The van der Waals surface area contributed by atoms with Crippen LogP contribution in [0.15, 0.2) is 5.16 Å². The highest BCUT2D eigenvalue weighted by Crippen LogP contribution is 2.19. The van der Waals surface area contributed by atoms with Crippen molar-refractivity contribution < 1.29 is 9.59 Å². The number of nitrogens with two attached hydrogens (primary N) is 1. The van der Waals surface area contributed by atoms with Gasteiger partial charge in [-0.3, -0.25) is 9.59 Å². The lowest BCUT2D eigenvalue weighted by Crippen LogP contribution is -2.33. The van der Waals surface area contributed by atoms with Crippen LogP contribution in [0.2, 0.25) is 0 Å². The smallest absolute Gasteiger partial charge is 0.230 e. The van der Waals surface area contributed by atoms with E-state index in [1.807, 2.05) is 11.5 Å². The molecule has 1 unspecified atom stereocenters. The predicted molar refractivity (Wildman–Crippen MR) is 109 cm³/mol. The van der Waals surface area contributed by atoms with E-state index in [4.69, 9.17) is 5.73 Å². The van der Waals surface area contributed by atoms with E-state index in [2.05, 4.69) is 43.2 Å². The van der Waals surface area contributed by atoms with Crippen LogP contribution in [0.5, 0.6) is 0 Å². The summed E-state index contributed by atoms with van der Waals surface area (Å²) in [6.07, 6.45) is 4.01. The van der Waals surface area contributed by atoms with Crippen molar-refractivity contribution in [2.24, 2.45) is 17.6 Å². The largest absolute Gasteiger partial charge is 0.370 e. The second kappa shape index (κ2) is 12.0. The van der Waals surface area contributed by atoms with Crippen molar-refractivity contribution in [3.05, 3.63) is 5.82 Å². The van der Waals surface area contributed by atoms with Gasteiger partial charge in [0, 0.05) is 25.4 Å². The van der Waals surface area contributed by atoms with Crippen molar-refractivity contribution in [1.82, 2.24) is 20.1 Å². The van der Waals surface area contributed by atoms with Crippen LogP contribution in [-0.4, -0.2) is 38.4 Å². The molecule has 0 aliphatic carbocycles. The lowest BCUT2D eigenvalue weighted by atomic mass is 10.0. The van der Waals surface area contributed by atoms with Gasteiger partial charge in [0.05, 0.1) is 5.75 Å². The Kier molecular flexibility index (Phi) is 10.4. The van der Waals surface area contributed by atoms with E-state index in [1.165, 1.54) is 18.2 Å². The lowest BCUT2D eigenvalue weighted by molar-refractivity contribution is -0.119. The van der Waals surface area contributed by atoms with Crippen LogP contribution < -0.4 is 11.1 Å². The predicted octanol–water partition coefficient (Wildman–Crippen LogP) is 2.78. The summed E-state index contributed by atoms with van der Waals surface area (Å²) in [5.74, 6) is 1.80. The maximum atomic E-state index is 12.2. The standard InChI is InChI=1S/C19H35N5O2S/c1-13(2)7-6-8-15(5)21-18(26)12-27-19-23-22-17(10-9-16(20)25)24(19)11-14(3)4/h13-15H,6-12H2,1-5H3,(H2,20,25)(H,21,26). The molecule has 3 N–H and O–H groups in total. The Bertz CT molecular complexity index is 601. The number of aryl methyl sites for hydroxylation is 1. The molecule has 0 bridgehead atoms. The van der Waals surface area contributed by atoms with Crippen LogP contribution in [-0.2, 0) is 22.6 Å². The Morgan fingerprint density at radius 1 is 1.11 bits per heavy atom. The Labute approximate surface area is 167 Å². The third-order valence-corrected chi connectivity index (χ3v) is 5.06. The quantitative estimate of drug-likeness (QED) is 0.498. The number of rotatable bonds is 13. The van der Waals surface area contributed by atoms with Crippen LogP contribution in [0.1, 0.15) is 66.1 Å². The van der Waals surface area contributed by atoms with Gasteiger partial charge < -0.3 is 15.6 Å². The fourth-order valence-corrected chi connectivity index (χ4v) is 3.52. The zero-order valence-electron chi connectivity index (χ0n) is 17.3. The van der Waals surface area contributed by atoms with Gasteiger partial charge in [-0.2, -0.15) is 0 Å². The minimum Gasteiger partial charge on any atom is -0.370 e. The van der Waals surface area contributed by atoms with E-state index in [0.717, 1.165) is 25.2 Å². The van der Waals surface area contributed by atoms with Crippen molar-refractivity contribution in [2.45, 2.75) is 84.5 Å². The van der Waals surface area contributed by atoms with E-state index in [1.54, 1.807) is 0 Å². The van der Waals surface area contributed by atoms with Gasteiger partial charge in [0.25, 0.3) is 0 Å². The molecule has 0 fully saturated rings. The maximum absolute atomic E-state index is 12.2. The van der Waals surface area contributed by atoms with Crippen molar-refractivity contribution in [3.8, 4) is 0 Å². The summed E-state index contributed by atoms with van der Waals surface area (Å²) < 4.78 is 2.00. The molecular formula is C19H35N5O2S. The SMILES string of the molecule is CC(C)CCCC(C)NC(=O)CSc1nnc(CCC(N)=O)n1CC(C)C. The molecule has 0 spiro atoms. The minimum absolute atomic E-state index is 0.00910. The van der Waals surface area contributed by atoms with Crippen LogP contribution in [0.3, 0.4) is 0 Å². The third-order valence-electron chi connectivity index (χ3n) is 4.09. The summed E-state index contributed by atoms with van der Waals surface area (Å²) in [6, 6.07) is 0.177. The summed E-state index contributed by atoms with van der Waals surface area (Å²) in [7, 11) is 0. The third kappa shape index (κ3) is 9.79. The van der Waals surface area contributed by atoms with E-state index < -0.39 is 0 Å². The second-order valence-electron chi connectivity index (χ2n) is 7.95. The minimum atomic E-state index is -0.353. The van der Waals surface area contributed by atoms with E-state index in [0.29, 0.717) is 29.2 Å². The molecule has 154 valence electrons. The highest BCUT2D eigenvalue weighted by molar-refractivity contribution is 7.99. The van der Waals surface area contributed by atoms with Gasteiger partial charge in [-0.15, -0.1) is 10.2 Å². The number of nitrogens with zero attached hydrogens (tertiary/aromatic N) is 3. The molecule has 0 saturated carbocycles. The number of carbonyl (C=O) groups is 2. The summed E-state index contributed by atoms with van der Waals surface area (Å²) in [6.45, 7) is 11.4. The number of primary amides is 1. The Balaban J connectivity index is 2.56. The zero-order valence-corrected chi connectivity index (χ0v) is 18.1. The molecule has 1 heterocycles. The summed E-state index contributed by atoms with van der Waals surface area (Å²) >= 11 is 1.38. The lowest BCUT2D eigenvalue weighted by Gasteiger charge is -2.15. The Morgan fingerprint density at radius 2 is 1.81 bits per heavy atom. The van der Waals surface area contributed by atoms with Gasteiger partial charge in [0.1, 0.15) is 5.82 Å². The normalized spacial score (nSPS) is 12.6. The summed E-state index contributed by atoms with van der Waals surface area (Å²) in [4.78, 5) is 23.3. The molecule has 1 rings (SSSR count). The fourth-order valence-electron chi connectivity index (χ4n) is 2.75. The Hall–Kier alpha value is -1.57. The number of thioether (sulfide) groups is 1. The molecule has 27 heavy (non-hydrogen) atoms.